The number of amides is 1. The Hall–Kier alpha value is -1.75. The topological polar surface area (TPSA) is 67.4 Å². The van der Waals surface area contributed by atoms with Crippen molar-refractivity contribution in [2.45, 2.75) is 45.2 Å². The summed E-state index contributed by atoms with van der Waals surface area (Å²) in [5, 5.41) is 7.33. The number of esters is 1. The van der Waals surface area contributed by atoms with Gasteiger partial charge in [-0.2, -0.15) is 0 Å². The largest absolute Gasteiger partial charge is 0.466 e. The van der Waals surface area contributed by atoms with E-state index in [4.69, 9.17) is 16.3 Å². The normalized spacial score (nSPS) is 35.7. The van der Waals surface area contributed by atoms with Gasteiger partial charge < -0.3 is 15.4 Å². The van der Waals surface area contributed by atoms with Crippen LogP contribution < -0.4 is 10.6 Å². The number of nitrogens with one attached hydrogen (secondary N) is 2. The number of rotatable bonds is 2. The van der Waals surface area contributed by atoms with Crippen molar-refractivity contribution in [3.8, 4) is 0 Å². The average molecular weight is 363 g/mol. The summed E-state index contributed by atoms with van der Waals surface area (Å²) in [5.41, 5.74) is 0.725. The van der Waals surface area contributed by atoms with Crippen molar-refractivity contribution in [2.24, 2.45) is 17.3 Å². The van der Waals surface area contributed by atoms with Gasteiger partial charge in [-0.15, -0.1) is 0 Å². The van der Waals surface area contributed by atoms with E-state index in [1.165, 1.54) is 0 Å². The lowest BCUT2D eigenvalue weighted by Gasteiger charge is -2.60. The smallest absolute Gasteiger partial charge is 0.309 e. The number of carbonyl (C=O) groups excluding carboxylic acids is 2. The van der Waals surface area contributed by atoms with Crippen molar-refractivity contribution in [2.75, 3.05) is 11.9 Å². The molecule has 1 aromatic rings. The Kier molecular flexibility index (Phi) is 3.76. The van der Waals surface area contributed by atoms with Gasteiger partial charge in [-0.05, 0) is 56.2 Å². The fourth-order valence-corrected chi connectivity index (χ4v) is 5.25. The Labute approximate surface area is 152 Å². The van der Waals surface area contributed by atoms with Crippen LogP contribution in [0, 0.1) is 17.3 Å². The maximum Gasteiger partial charge on any atom is 0.309 e. The first-order chi connectivity index (χ1) is 11.9. The Morgan fingerprint density at radius 3 is 2.92 bits per heavy atom. The summed E-state index contributed by atoms with van der Waals surface area (Å²) < 4.78 is 5.30. The van der Waals surface area contributed by atoms with Crippen molar-refractivity contribution in [1.29, 1.82) is 0 Å². The van der Waals surface area contributed by atoms with Crippen LogP contribution in [0.4, 0.5) is 5.69 Å². The minimum atomic E-state index is -0.492. The number of fused-ring (bicyclic) bond motifs is 3. The second kappa shape index (κ2) is 5.63. The van der Waals surface area contributed by atoms with Gasteiger partial charge in [0.25, 0.3) is 5.91 Å². The van der Waals surface area contributed by atoms with Gasteiger partial charge in [0.1, 0.15) is 5.66 Å². The fraction of sp³-hybridized carbons (Fsp3) is 0.579. The third-order valence-electron chi connectivity index (χ3n) is 6.30. The molecule has 4 aliphatic rings. The molecule has 1 spiro atoms. The molecule has 1 amide bonds. The van der Waals surface area contributed by atoms with E-state index in [1.54, 1.807) is 12.1 Å². The molecule has 0 saturated heterocycles. The van der Waals surface area contributed by atoms with E-state index in [-0.39, 0.29) is 29.1 Å². The number of benzene rings is 1. The van der Waals surface area contributed by atoms with Crippen LogP contribution in [0.2, 0.25) is 5.02 Å². The third-order valence-corrected chi connectivity index (χ3v) is 6.53. The molecule has 2 bridgehead atoms. The Morgan fingerprint density at radius 2 is 2.20 bits per heavy atom. The predicted molar refractivity (Wildman–Crippen MR) is 95.5 cm³/mol. The molecular weight excluding hydrogens is 340 g/mol. The Bertz CT molecular complexity index is 752. The molecule has 3 aliphatic carbocycles. The summed E-state index contributed by atoms with van der Waals surface area (Å²) in [6, 6.07) is 5.35. The number of halogens is 1. The lowest BCUT2D eigenvalue weighted by atomic mass is 9.51. The molecule has 25 heavy (non-hydrogen) atoms. The first-order valence-electron chi connectivity index (χ1n) is 8.94. The zero-order valence-electron chi connectivity index (χ0n) is 14.5. The number of carbonyl (C=O) groups is 2. The lowest BCUT2D eigenvalue weighted by Crippen LogP contribution is -2.69. The van der Waals surface area contributed by atoms with Crippen molar-refractivity contribution < 1.29 is 14.3 Å². The molecule has 6 heteroatoms. The van der Waals surface area contributed by atoms with E-state index in [0.717, 1.165) is 31.4 Å². The molecule has 3 saturated carbocycles. The van der Waals surface area contributed by atoms with Crippen LogP contribution in [0.1, 0.15) is 49.9 Å². The molecule has 5 rings (SSSR count). The summed E-state index contributed by atoms with van der Waals surface area (Å²) in [7, 11) is 0. The SMILES string of the molecule is CCOC(=O)[C@H]1C[C@H]2CC[C@]1(C)C[C@]21NC(=O)c2cc(Cl)ccc2N1. The predicted octanol–water partition coefficient (Wildman–Crippen LogP) is 3.58. The zero-order chi connectivity index (χ0) is 17.8. The first-order valence-corrected chi connectivity index (χ1v) is 9.31. The van der Waals surface area contributed by atoms with Gasteiger partial charge in [-0.1, -0.05) is 18.5 Å². The highest BCUT2D eigenvalue weighted by Gasteiger charge is 2.60. The van der Waals surface area contributed by atoms with Crippen LogP contribution in [0.5, 0.6) is 0 Å². The highest BCUT2D eigenvalue weighted by atomic mass is 35.5. The van der Waals surface area contributed by atoms with Crippen molar-refractivity contribution in [1.82, 2.24) is 5.32 Å². The monoisotopic (exact) mass is 362 g/mol. The molecule has 5 nitrogen and oxygen atoms in total. The first kappa shape index (κ1) is 16.7. The standard InChI is InChI=1S/C19H23ClN2O3/c1-3-25-17(24)14-8-11-6-7-18(14,2)10-19(11)21-15-5-4-12(20)9-13(15)16(23)22-19/h4-5,9,11,14,21H,3,6-8,10H2,1-2H3,(H,22,23)/t11-,14-,18-,19+/m1/s1. The van der Waals surface area contributed by atoms with E-state index in [2.05, 4.69) is 17.6 Å². The van der Waals surface area contributed by atoms with Crippen molar-refractivity contribution in [3.05, 3.63) is 28.8 Å². The van der Waals surface area contributed by atoms with E-state index >= 15 is 0 Å². The van der Waals surface area contributed by atoms with Crippen LogP contribution in [0.15, 0.2) is 18.2 Å². The summed E-state index contributed by atoms with van der Waals surface area (Å²) in [4.78, 5) is 25.1. The molecular formula is C19H23ClN2O3. The van der Waals surface area contributed by atoms with Crippen LogP contribution in [0.3, 0.4) is 0 Å². The van der Waals surface area contributed by atoms with Gasteiger partial charge in [0, 0.05) is 16.6 Å². The molecule has 4 atom stereocenters. The van der Waals surface area contributed by atoms with Gasteiger partial charge in [0.05, 0.1) is 18.1 Å². The maximum absolute atomic E-state index is 12.7. The second-order valence-corrected chi connectivity index (χ2v) is 8.28. The zero-order valence-corrected chi connectivity index (χ0v) is 15.3. The van der Waals surface area contributed by atoms with Gasteiger partial charge >= 0.3 is 5.97 Å². The maximum atomic E-state index is 12.7. The van der Waals surface area contributed by atoms with Gasteiger partial charge in [0.15, 0.2) is 0 Å². The number of ether oxygens (including phenoxy) is 1. The molecule has 134 valence electrons. The van der Waals surface area contributed by atoms with Crippen LogP contribution in [0.25, 0.3) is 0 Å². The van der Waals surface area contributed by atoms with Gasteiger partial charge in [-0.3, -0.25) is 9.59 Å². The number of anilines is 1. The van der Waals surface area contributed by atoms with Crippen molar-refractivity contribution in [3.63, 3.8) is 0 Å². The quantitative estimate of drug-likeness (QED) is 0.789. The molecule has 1 aliphatic heterocycles. The highest BCUT2D eigenvalue weighted by molar-refractivity contribution is 6.31. The Balaban J connectivity index is 1.66. The minimum absolute atomic E-state index is 0.0952. The molecule has 0 radical (unpaired) electrons. The molecule has 3 fully saturated rings. The second-order valence-electron chi connectivity index (χ2n) is 7.85. The van der Waals surface area contributed by atoms with Gasteiger partial charge in [-0.25, -0.2) is 0 Å². The molecule has 1 heterocycles. The fourth-order valence-electron chi connectivity index (χ4n) is 5.08. The Morgan fingerprint density at radius 1 is 1.40 bits per heavy atom. The summed E-state index contributed by atoms with van der Waals surface area (Å²) >= 11 is 6.03. The van der Waals surface area contributed by atoms with E-state index in [9.17, 15) is 9.59 Å². The van der Waals surface area contributed by atoms with Crippen LogP contribution in [-0.2, 0) is 9.53 Å². The van der Waals surface area contributed by atoms with E-state index in [0.29, 0.717) is 17.2 Å². The molecule has 0 unspecified atom stereocenters. The van der Waals surface area contributed by atoms with Crippen LogP contribution >= 0.6 is 11.6 Å². The van der Waals surface area contributed by atoms with E-state index < -0.39 is 5.66 Å². The molecule has 1 aromatic carbocycles. The van der Waals surface area contributed by atoms with Gasteiger partial charge in [0.2, 0.25) is 0 Å². The summed E-state index contributed by atoms with van der Waals surface area (Å²) in [6.45, 7) is 4.40. The number of hydrogen-bond acceptors (Lipinski definition) is 4. The highest BCUT2D eigenvalue weighted by Crippen LogP contribution is 2.58. The lowest BCUT2D eigenvalue weighted by molar-refractivity contribution is -0.163. The summed E-state index contributed by atoms with van der Waals surface area (Å²) in [6.07, 6.45) is 3.43. The summed E-state index contributed by atoms with van der Waals surface area (Å²) in [5.74, 6) is -0.0856. The minimum Gasteiger partial charge on any atom is -0.466 e. The van der Waals surface area contributed by atoms with Crippen LogP contribution in [-0.4, -0.2) is 24.1 Å². The van der Waals surface area contributed by atoms with E-state index in [1.807, 2.05) is 13.0 Å². The molecule has 2 N–H and O–H groups in total. The third kappa shape index (κ3) is 2.51. The average Bonchev–Trinajstić information content (AvgIpc) is 2.55. The molecule has 0 aromatic heterocycles. The van der Waals surface area contributed by atoms with Crippen molar-refractivity contribution >= 4 is 29.2 Å². The number of hydrogen-bond donors (Lipinski definition) is 2.